The van der Waals surface area contributed by atoms with Gasteiger partial charge in [0, 0.05) is 24.4 Å². The highest BCUT2D eigenvalue weighted by Gasteiger charge is 2.38. The Bertz CT molecular complexity index is 1290. The predicted octanol–water partition coefficient (Wildman–Crippen LogP) is 5.21. The van der Waals surface area contributed by atoms with Crippen molar-refractivity contribution in [1.29, 1.82) is 0 Å². The molecule has 0 radical (unpaired) electrons. The van der Waals surface area contributed by atoms with Crippen LogP contribution in [0, 0.1) is 13.8 Å². The summed E-state index contributed by atoms with van der Waals surface area (Å²) < 4.78 is 72.8. The number of aryl methyl sites for hydroxylation is 2. The molecular formula is C25H27F4N3O5. The number of rotatable bonds is 7. The van der Waals surface area contributed by atoms with Gasteiger partial charge in [-0.15, -0.1) is 13.2 Å². The van der Waals surface area contributed by atoms with E-state index in [4.69, 9.17) is 19.2 Å². The maximum atomic E-state index is 12.9. The molecule has 0 spiro atoms. The molecule has 1 amide bonds. The van der Waals surface area contributed by atoms with Gasteiger partial charge >= 0.3 is 12.5 Å². The van der Waals surface area contributed by atoms with E-state index in [0.717, 1.165) is 16.6 Å². The lowest BCUT2D eigenvalue weighted by molar-refractivity contribution is -0.274. The van der Waals surface area contributed by atoms with Crippen LogP contribution in [0.3, 0.4) is 0 Å². The summed E-state index contributed by atoms with van der Waals surface area (Å²) in [6.45, 7) is 3.54. The number of likely N-dealkylation sites (tertiary alicyclic amines) is 1. The number of alkyl halides is 4. The molecule has 1 aliphatic rings. The van der Waals surface area contributed by atoms with Crippen molar-refractivity contribution >= 4 is 17.1 Å². The number of halogens is 4. The third kappa shape index (κ3) is 5.43. The number of methoxy groups -OCH3 is 2. The van der Waals surface area contributed by atoms with Crippen molar-refractivity contribution in [2.24, 2.45) is 0 Å². The molecule has 1 aromatic carbocycles. The summed E-state index contributed by atoms with van der Waals surface area (Å²) in [4.78, 5) is 18.5. The first kappa shape index (κ1) is 26.5. The SMILES string of the molecule is COC(=O)N1CC(OCCF)C(n2cc(C)c3nc(-c4ccc(OC(F)(F)F)cc4OC)c(C)cc32)C1. The first-order valence-electron chi connectivity index (χ1n) is 11.5. The zero-order valence-corrected chi connectivity index (χ0v) is 20.8. The highest BCUT2D eigenvalue weighted by atomic mass is 19.4. The second-order valence-electron chi connectivity index (χ2n) is 8.69. The first-order chi connectivity index (χ1) is 17.6. The van der Waals surface area contributed by atoms with Gasteiger partial charge in [0.1, 0.15) is 18.2 Å². The third-order valence-corrected chi connectivity index (χ3v) is 6.28. The zero-order chi connectivity index (χ0) is 26.9. The molecule has 2 unspecified atom stereocenters. The van der Waals surface area contributed by atoms with Crippen molar-refractivity contribution in [3.63, 3.8) is 0 Å². The van der Waals surface area contributed by atoms with Gasteiger partial charge in [-0.25, -0.2) is 14.2 Å². The van der Waals surface area contributed by atoms with E-state index in [1.807, 2.05) is 30.7 Å². The van der Waals surface area contributed by atoms with Crippen LogP contribution < -0.4 is 9.47 Å². The maximum absolute atomic E-state index is 12.9. The zero-order valence-electron chi connectivity index (χ0n) is 20.8. The number of carbonyl (C=O) groups excluding carboxylic acids is 1. The molecule has 4 rings (SSSR count). The number of benzene rings is 1. The Labute approximate surface area is 210 Å². The fraction of sp³-hybridized carbons (Fsp3) is 0.440. The Hall–Kier alpha value is -3.54. The van der Waals surface area contributed by atoms with Crippen LogP contribution in [0.2, 0.25) is 0 Å². The number of aromatic nitrogens is 2. The van der Waals surface area contributed by atoms with E-state index in [1.54, 1.807) is 0 Å². The normalized spacial score (nSPS) is 17.9. The van der Waals surface area contributed by atoms with Gasteiger partial charge in [-0.05, 0) is 43.2 Å². The third-order valence-electron chi connectivity index (χ3n) is 6.28. The molecule has 8 nitrogen and oxygen atoms in total. The summed E-state index contributed by atoms with van der Waals surface area (Å²) in [6.07, 6.45) is -3.87. The Morgan fingerprint density at radius 1 is 1.14 bits per heavy atom. The Balaban J connectivity index is 1.75. The average molecular weight is 525 g/mol. The smallest absolute Gasteiger partial charge is 0.496 e. The van der Waals surface area contributed by atoms with Crippen LogP contribution in [0.5, 0.6) is 11.5 Å². The van der Waals surface area contributed by atoms with Gasteiger partial charge in [0.25, 0.3) is 0 Å². The minimum Gasteiger partial charge on any atom is -0.496 e. The van der Waals surface area contributed by atoms with E-state index in [2.05, 4.69) is 4.74 Å². The number of carbonyl (C=O) groups is 1. The molecule has 3 aromatic rings. The topological polar surface area (TPSA) is 75.0 Å². The van der Waals surface area contributed by atoms with Crippen molar-refractivity contribution < 1.29 is 41.3 Å². The molecular weight excluding hydrogens is 498 g/mol. The standard InChI is InChI=1S/C25H27F4N3O5/c1-14-9-18-23(30-22(14)17-6-5-16(10-20(17)34-3)37-25(27,28)29)15(2)11-32(18)19-12-31(24(33)35-4)13-21(19)36-8-7-26/h5-6,9-11,19,21H,7-8,12-13H2,1-4H3. The fourth-order valence-corrected chi connectivity index (χ4v) is 4.70. The van der Waals surface area contributed by atoms with E-state index < -0.39 is 31.0 Å². The van der Waals surface area contributed by atoms with Crippen LogP contribution in [0.25, 0.3) is 22.3 Å². The minimum absolute atomic E-state index is 0.0936. The second kappa shape index (κ2) is 10.4. The molecule has 1 saturated heterocycles. The van der Waals surface area contributed by atoms with E-state index in [9.17, 15) is 22.4 Å². The summed E-state index contributed by atoms with van der Waals surface area (Å²) in [5.41, 5.74) is 4.08. The number of amides is 1. The van der Waals surface area contributed by atoms with E-state index in [0.29, 0.717) is 23.3 Å². The van der Waals surface area contributed by atoms with Crippen LogP contribution in [0.1, 0.15) is 17.2 Å². The number of fused-ring (bicyclic) bond motifs is 1. The fourth-order valence-electron chi connectivity index (χ4n) is 4.70. The van der Waals surface area contributed by atoms with Gasteiger partial charge in [-0.2, -0.15) is 0 Å². The van der Waals surface area contributed by atoms with E-state index in [1.165, 1.54) is 37.3 Å². The molecule has 1 fully saturated rings. The number of hydrogen-bond acceptors (Lipinski definition) is 6. The van der Waals surface area contributed by atoms with Crippen molar-refractivity contribution in [1.82, 2.24) is 14.5 Å². The number of pyridine rings is 1. The molecule has 37 heavy (non-hydrogen) atoms. The van der Waals surface area contributed by atoms with Crippen LogP contribution in [0.15, 0.2) is 30.5 Å². The molecule has 0 bridgehead atoms. The van der Waals surface area contributed by atoms with E-state index in [-0.39, 0.29) is 24.9 Å². The largest absolute Gasteiger partial charge is 0.573 e. The summed E-state index contributed by atoms with van der Waals surface area (Å²) in [6, 6.07) is 5.46. The second-order valence-corrected chi connectivity index (χ2v) is 8.69. The van der Waals surface area contributed by atoms with Gasteiger partial charge in [0.2, 0.25) is 0 Å². The molecule has 0 N–H and O–H groups in total. The summed E-state index contributed by atoms with van der Waals surface area (Å²) in [5, 5.41) is 0. The van der Waals surface area contributed by atoms with Crippen molar-refractivity contribution in [3.8, 4) is 22.8 Å². The van der Waals surface area contributed by atoms with Crippen molar-refractivity contribution in [2.45, 2.75) is 32.4 Å². The van der Waals surface area contributed by atoms with Crippen LogP contribution in [-0.2, 0) is 9.47 Å². The van der Waals surface area contributed by atoms with Gasteiger partial charge < -0.3 is 28.4 Å². The molecule has 0 saturated carbocycles. The van der Waals surface area contributed by atoms with Crippen LogP contribution >= 0.6 is 0 Å². The monoisotopic (exact) mass is 525 g/mol. The molecule has 0 aliphatic carbocycles. The summed E-state index contributed by atoms with van der Waals surface area (Å²) >= 11 is 0. The number of hydrogen-bond donors (Lipinski definition) is 0. The van der Waals surface area contributed by atoms with Crippen LogP contribution in [-0.4, -0.2) is 73.6 Å². The number of nitrogens with zero attached hydrogens (tertiary/aromatic N) is 3. The predicted molar refractivity (Wildman–Crippen MR) is 127 cm³/mol. The molecule has 2 atom stereocenters. The van der Waals surface area contributed by atoms with Crippen molar-refractivity contribution in [2.75, 3.05) is 40.6 Å². The molecule has 1 aliphatic heterocycles. The average Bonchev–Trinajstić information content (AvgIpc) is 3.41. The summed E-state index contributed by atoms with van der Waals surface area (Å²) in [7, 11) is 2.66. The molecule has 12 heteroatoms. The van der Waals surface area contributed by atoms with Gasteiger partial charge in [-0.1, -0.05) is 0 Å². The van der Waals surface area contributed by atoms with Crippen LogP contribution in [0.4, 0.5) is 22.4 Å². The lowest BCUT2D eigenvalue weighted by atomic mass is 10.0. The lowest BCUT2D eigenvalue weighted by Crippen LogP contribution is -2.30. The molecule has 200 valence electrons. The lowest BCUT2D eigenvalue weighted by Gasteiger charge is -2.21. The Morgan fingerprint density at radius 3 is 2.54 bits per heavy atom. The Morgan fingerprint density at radius 2 is 1.89 bits per heavy atom. The summed E-state index contributed by atoms with van der Waals surface area (Å²) in [5.74, 6) is -0.220. The van der Waals surface area contributed by atoms with Gasteiger partial charge in [0.05, 0.1) is 56.2 Å². The van der Waals surface area contributed by atoms with E-state index >= 15 is 0 Å². The molecule has 3 heterocycles. The van der Waals surface area contributed by atoms with Gasteiger partial charge in [-0.3, -0.25) is 0 Å². The molecule has 2 aromatic heterocycles. The Kier molecular flexibility index (Phi) is 7.49. The highest BCUT2D eigenvalue weighted by molar-refractivity contribution is 5.85. The van der Waals surface area contributed by atoms with Gasteiger partial charge in [0.15, 0.2) is 0 Å². The maximum Gasteiger partial charge on any atom is 0.573 e. The highest BCUT2D eigenvalue weighted by Crippen LogP contribution is 2.38. The quantitative estimate of drug-likeness (QED) is 0.395. The minimum atomic E-state index is -4.82. The van der Waals surface area contributed by atoms with Crippen molar-refractivity contribution in [3.05, 3.63) is 41.6 Å². The first-order valence-corrected chi connectivity index (χ1v) is 11.5. The number of ether oxygens (including phenoxy) is 4.